The van der Waals surface area contributed by atoms with E-state index >= 15 is 0 Å². The van der Waals surface area contributed by atoms with Crippen molar-refractivity contribution in [1.29, 1.82) is 0 Å². The van der Waals surface area contributed by atoms with Crippen LogP contribution in [0.15, 0.2) is 41.0 Å². The molecule has 1 aromatic carbocycles. The van der Waals surface area contributed by atoms with Gasteiger partial charge in [-0.2, -0.15) is 0 Å². The lowest BCUT2D eigenvalue weighted by Crippen LogP contribution is -2.30. The summed E-state index contributed by atoms with van der Waals surface area (Å²) < 4.78 is 0.878. The molecule has 1 saturated heterocycles. The number of aromatic nitrogens is 1. The molecular formula is C18H20BrN3O. The lowest BCUT2D eigenvalue weighted by atomic mass is 10.1. The number of halogens is 1. The summed E-state index contributed by atoms with van der Waals surface area (Å²) >= 11 is 3.47. The zero-order chi connectivity index (χ0) is 16.2. The third-order valence-corrected chi connectivity index (χ3v) is 4.72. The summed E-state index contributed by atoms with van der Waals surface area (Å²) in [6.45, 7) is 4.11. The average molecular weight is 374 g/mol. The second kappa shape index (κ2) is 7.13. The van der Waals surface area contributed by atoms with E-state index in [4.69, 9.17) is 0 Å². The Hall–Kier alpha value is -1.88. The van der Waals surface area contributed by atoms with Crippen LogP contribution in [0.25, 0.3) is 0 Å². The van der Waals surface area contributed by atoms with E-state index in [2.05, 4.69) is 31.1 Å². The molecule has 1 fully saturated rings. The number of hydrogen-bond donors (Lipinski definition) is 1. The maximum Gasteiger partial charge on any atom is 0.257 e. The van der Waals surface area contributed by atoms with E-state index < -0.39 is 0 Å². The number of carbonyl (C=O) groups is 1. The Kier molecular flexibility index (Phi) is 4.96. The smallest absolute Gasteiger partial charge is 0.257 e. The zero-order valence-electron chi connectivity index (χ0n) is 13.2. The van der Waals surface area contributed by atoms with Crippen LogP contribution < -0.4 is 10.2 Å². The highest BCUT2D eigenvalue weighted by molar-refractivity contribution is 9.10. The number of piperidine rings is 1. The summed E-state index contributed by atoms with van der Waals surface area (Å²) in [5, 5.41) is 2.91. The average Bonchev–Trinajstić information content (AvgIpc) is 2.58. The van der Waals surface area contributed by atoms with Gasteiger partial charge in [-0.3, -0.25) is 4.79 Å². The number of aryl methyl sites for hydroxylation is 1. The molecule has 0 aliphatic carbocycles. The number of rotatable bonds is 3. The minimum atomic E-state index is -0.146. The van der Waals surface area contributed by atoms with Crippen molar-refractivity contribution < 1.29 is 4.79 Å². The van der Waals surface area contributed by atoms with Crippen LogP contribution >= 0.6 is 15.9 Å². The predicted octanol–water partition coefficient (Wildman–Crippen LogP) is 4.40. The predicted molar refractivity (Wildman–Crippen MR) is 97.1 cm³/mol. The molecule has 3 rings (SSSR count). The summed E-state index contributed by atoms with van der Waals surface area (Å²) in [4.78, 5) is 19.1. The molecule has 120 valence electrons. The Morgan fingerprint density at radius 1 is 1.17 bits per heavy atom. The summed E-state index contributed by atoms with van der Waals surface area (Å²) in [5.41, 5.74) is 2.47. The third kappa shape index (κ3) is 3.91. The van der Waals surface area contributed by atoms with Crippen LogP contribution in [0.1, 0.15) is 35.2 Å². The lowest BCUT2D eigenvalue weighted by Gasteiger charge is -2.27. The maximum absolute atomic E-state index is 12.4. The molecule has 0 bridgehead atoms. The normalized spacial score (nSPS) is 14.6. The van der Waals surface area contributed by atoms with Gasteiger partial charge in [0.25, 0.3) is 5.91 Å². The first-order chi connectivity index (χ1) is 11.1. The van der Waals surface area contributed by atoms with Crippen molar-refractivity contribution in [2.45, 2.75) is 26.2 Å². The molecule has 0 unspecified atom stereocenters. The number of anilines is 2. The third-order valence-electron chi connectivity index (χ3n) is 4.06. The van der Waals surface area contributed by atoms with Gasteiger partial charge in [-0.25, -0.2) is 4.98 Å². The topological polar surface area (TPSA) is 45.2 Å². The Balaban J connectivity index is 1.69. The largest absolute Gasteiger partial charge is 0.357 e. The van der Waals surface area contributed by atoms with Crippen molar-refractivity contribution in [3.8, 4) is 0 Å². The van der Waals surface area contributed by atoms with Crippen LogP contribution in [0.3, 0.4) is 0 Å². The SMILES string of the molecule is Cc1ccc(NC(=O)c2ccc(N3CCCCC3)nc2)c(Br)c1. The quantitative estimate of drug-likeness (QED) is 0.867. The van der Waals surface area contributed by atoms with Crippen LogP contribution in [0.5, 0.6) is 0 Å². The molecule has 1 N–H and O–H groups in total. The molecule has 23 heavy (non-hydrogen) atoms. The Morgan fingerprint density at radius 2 is 1.96 bits per heavy atom. The molecule has 2 aromatic rings. The van der Waals surface area contributed by atoms with E-state index in [0.717, 1.165) is 34.6 Å². The van der Waals surface area contributed by atoms with Gasteiger partial charge in [0, 0.05) is 23.8 Å². The fourth-order valence-electron chi connectivity index (χ4n) is 2.75. The molecule has 0 spiro atoms. The molecule has 1 aromatic heterocycles. The molecule has 0 atom stereocenters. The van der Waals surface area contributed by atoms with Gasteiger partial charge in [0.15, 0.2) is 0 Å². The van der Waals surface area contributed by atoms with Gasteiger partial charge in [0.1, 0.15) is 5.82 Å². The van der Waals surface area contributed by atoms with Gasteiger partial charge in [-0.1, -0.05) is 6.07 Å². The van der Waals surface area contributed by atoms with Gasteiger partial charge in [0.05, 0.1) is 11.3 Å². The molecule has 5 heteroatoms. The van der Waals surface area contributed by atoms with E-state index in [0.29, 0.717) is 5.56 Å². The molecule has 0 saturated carbocycles. The van der Waals surface area contributed by atoms with E-state index in [9.17, 15) is 4.79 Å². The summed E-state index contributed by atoms with van der Waals surface area (Å²) in [6.07, 6.45) is 5.38. The summed E-state index contributed by atoms with van der Waals surface area (Å²) in [5.74, 6) is 0.810. The van der Waals surface area contributed by atoms with Crippen molar-refractivity contribution >= 4 is 33.3 Å². The van der Waals surface area contributed by atoms with Gasteiger partial charge < -0.3 is 10.2 Å². The van der Waals surface area contributed by atoms with E-state index in [1.54, 1.807) is 6.20 Å². The Morgan fingerprint density at radius 3 is 2.61 bits per heavy atom. The zero-order valence-corrected chi connectivity index (χ0v) is 14.8. The monoisotopic (exact) mass is 373 g/mol. The first-order valence-electron chi connectivity index (χ1n) is 7.92. The molecule has 1 aliphatic rings. The number of carbonyl (C=O) groups excluding carboxylic acids is 1. The van der Waals surface area contributed by atoms with Crippen molar-refractivity contribution in [2.75, 3.05) is 23.3 Å². The van der Waals surface area contributed by atoms with Crippen LogP contribution in [-0.4, -0.2) is 24.0 Å². The number of pyridine rings is 1. The number of nitrogens with zero attached hydrogens (tertiary/aromatic N) is 2. The fourth-order valence-corrected chi connectivity index (χ4v) is 3.34. The first kappa shape index (κ1) is 16.0. The number of hydrogen-bond acceptors (Lipinski definition) is 3. The van der Waals surface area contributed by atoms with Crippen molar-refractivity contribution in [1.82, 2.24) is 4.98 Å². The van der Waals surface area contributed by atoms with Gasteiger partial charge >= 0.3 is 0 Å². The highest BCUT2D eigenvalue weighted by Gasteiger charge is 2.13. The molecule has 1 amide bonds. The Bertz CT molecular complexity index is 694. The van der Waals surface area contributed by atoms with Crippen LogP contribution in [-0.2, 0) is 0 Å². The van der Waals surface area contributed by atoms with E-state index in [-0.39, 0.29) is 5.91 Å². The standard InChI is InChI=1S/C18H20BrN3O/c1-13-5-7-16(15(19)11-13)21-18(23)14-6-8-17(20-12-14)22-9-3-2-4-10-22/h5-8,11-12H,2-4,9-10H2,1H3,(H,21,23). The minimum absolute atomic E-state index is 0.146. The molecule has 1 aliphatic heterocycles. The number of nitrogens with one attached hydrogen (secondary N) is 1. The van der Waals surface area contributed by atoms with Crippen molar-refractivity contribution in [2.24, 2.45) is 0 Å². The lowest BCUT2D eigenvalue weighted by molar-refractivity contribution is 0.102. The van der Waals surface area contributed by atoms with Gasteiger partial charge in [-0.05, 0) is 71.9 Å². The van der Waals surface area contributed by atoms with E-state index in [1.165, 1.54) is 19.3 Å². The fraction of sp³-hybridized carbons (Fsp3) is 0.333. The maximum atomic E-state index is 12.4. The first-order valence-corrected chi connectivity index (χ1v) is 8.71. The minimum Gasteiger partial charge on any atom is -0.357 e. The molecule has 0 radical (unpaired) electrons. The molecule has 4 nitrogen and oxygen atoms in total. The van der Waals surface area contributed by atoms with Crippen LogP contribution in [0, 0.1) is 6.92 Å². The Labute approximate surface area is 145 Å². The molecular weight excluding hydrogens is 354 g/mol. The van der Waals surface area contributed by atoms with E-state index in [1.807, 2.05) is 37.3 Å². The van der Waals surface area contributed by atoms with Gasteiger partial charge in [0.2, 0.25) is 0 Å². The van der Waals surface area contributed by atoms with Crippen molar-refractivity contribution in [3.05, 3.63) is 52.1 Å². The summed E-state index contributed by atoms with van der Waals surface area (Å²) in [6, 6.07) is 9.62. The summed E-state index contributed by atoms with van der Waals surface area (Å²) in [7, 11) is 0. The van der Waals surface area contributed by atoms with Crippen LogP contribution in [0.2, 0.25) is 0 Å². The van der Waals surface area contributed by atoms with Crippen LogP contribution in [0.4, 0.5) is 11.5 Å². The van der Waals surface area contributed by atoms with Gasteiger partial charge in [-0.15, -0.1) is 0 Å². The highest BCUT2D eigenvalue weighted by Crippen LogP contribution is 2.24. The number of amides is 1. The molecule has 2 heterocycles. The number of benzene rings is 1. The second-order valence-electron chi connectivity index (χ2n) is 5.89. The van der Waals surface area contributed by atoms with Crippen molar-refractivity contribution in [3.63, 3.8) is 0 Å². The highest BCUT2D eigenvalue weighted by atomic mass is 79.9. The second-order valence-corrected chi connectivity index (χ2v) is 6.74.